The first kappa shape index (κ1) is 66.9. The van der Waals surface area contributed by atoms with Gasteiger partial charge in [0, 0.05) is 144 Å². The zero-order valence-electron chi connectivity index (χ0n) is 52.8. The van der Waals surface area contributed by atoms with Crippen LogP contribution in [0.5, 0.6) is 0 Å². The molecule has 11 amide bonds. The van der Waals surface area contributed by atoms with Gasteiger partial charge in [-0.05, 0) is 54.4 Å². The topological polar surface area (TPSA) is 412 Å². The van der Waals surface area contributed by atoms with Crippen LogP contribution in [0.4, 0.5) is 39.8 Å². The minimum atomic E-state index is -1.08. The number of hydrogen-bond acceptors (Lipinski definition) is 13. The number of carbonyl (C=O) groups is 11. The molecule has 1 aromatic carbocycles. The molecule has 0 saturated carbocycles. The lowest BCUT2D eigenvalue weighted by Gasteiger charge is -2.12. The van der Waals surface area contributed by atoms with Gasteiger partial charge < -0.3 is 101 Å². The van der Waals surface area contributed by atoms with Gasteiger partial charge >= 0.3 is 0 Å². The molecular weight excluding hydrogens is 1230 g/mol. The zero-order chi connectivity index (χ0) is 68.4. The largest absolute Gasteiger partial charge is 0.364 e. The van der Waals surface area contributed by atoms with Crippen molar-refractivity contribution >= 4 is 105 Å². The maximum Gasteiger partial charge on any atom is 0.291 e. The molecule has 0 radical (unpaired) electrons. The van der Waals surface area contributed by atoms with E-state index in [2.05, 4.69) is 58.2 Å². The number of nitrogens with two attached hydrogens (primary N) is 2. The van der Waals surface area contributed by atoms with Crippen molar-refractivity contribution in [2.45, 2.75) is 31.8 Å². The fraction of sp³-hybridized carbons (Fsp3) is 0.238. The van der Waals surface area contributed by atoms with Crippen LogP contribution in [0.3, 0.4) is 0 Å². The predicted octanol–water partition coefficient (Wildman–Crippen LogP) is 3.01. The quantitative estimate of drug-likeness (QED) is 0.0353. The first-order valence-electron chi connectivity index (χ1n) is 29.5. The lowest BCUT2D eigenvalue weighted by Crippen LogP contribution is -2.39. The summed E-state index contributed by atoms with van der Waals surface area (Å²) < 4.78 is 12.3. The molecule has 0 aliphatic rings. The van der Waals surface area contributed by atoms with Gasteiger partial charge in [0.2, 0.25) is 17.7 Å². The Bertz CT molecular complexity index is 4450. The van der Waals surface area contributed by atoms with E-state index in [1.807, 2.05) is 30.3 Å². The van der Waals surface area contributed by atoms with E-state index in [9.17, 15) is 52.7 Å². The number of carbonyl (C=O) groups excluding carboxylic acids is 11. The highest BCUT2D eigenvalue weighted by molar-refractivity contribution is 6.09. The van der Waals surface area contributed by atoms with Crippen LogP contribution in [0.25, 0.3) is 0 Å². The monoisotopic (exact) mass is 1300 g/mol. The number of aromatic nitrogens is 9. The zero-order valence-corrected chi connectivity index (χ0v) is 52.8. The number of nitrogens with one attached hydrogen (secondary N) is 10. The summed E-state index contributed by atoms with van der Waals surface area (Å²) in [6.45, 7) is 0.420. The van der Waals surface area contributed by atoms with Crippen molar-refractivity contribution in [1.29, 1.82) is 0 Å². The molecule has 14 N–H and O–H groups in total. The van der Waals surface area contributed by atoms with Crippen LogP contribution in [0.2, 0.25) is 0 Å². The smallest absolute Gasteiger partial charge is 0.291 e. The number of nitrogens with zero attached hydrogens (tertiary/aromatic N) is 9. The van der Waals surface area contributed by atoms with Crippen molar-refractivity contribution in [3.05, 3.63) is 180 Å². The van der Waals surface area contributed by atoms with Gasteiger partial charge in [0.05, 0.1) is 45.9 Å². The molecule has 0 aliphatic heterocycles. The van der Waals surface area contributed by atoms with Gasteiger partial charge in [-0.25, -0.2) is 4.98 Å². The van der Waals surface area contributed by atoms with E-state index >= 15 is 0 Å². The van der Waals surface area contributed by atoms with Crippen molar-refractivity contribution in [2.24, 2.45) is 60.8 Å². The van der Waals surface area contributed by atoms with Gasteiger partial charge in [-0.1, -0.05) is 30.3 Å². The molecule has 8 aromatic heterocycles. The average molecular weight is 1300 g/mol. The maximum absolute atomic E-state index is 13.5. The second-order valence-corrected chi connectivity index (χ2v) is 22.4. The Labute approximate surface area is 542 Å². The second-order valence-electron chi connectivity index (χ2n) is 22.4. The Morgan fingerprint density at radius 3 is 1.12 bits per heavy atom. The van der Waals surface area contributed by atoms with Crippen molar-refractivity contribution in [3.8, 4) is 0 Å². The van der Waals surface area contributed by atoms with E-state index in [1.54, 1.807) is 77.1 Å². The van der Waals surface area contributed by atoms with Gasteiger partial charge in [0.15, 0.2) is 5.82 Å². The number of hydrogen-bond donors (Lipinski definition) is 12. The number of rotatable bonds is 27. The Kier molecular flexibility index (Phi) is 20.6. The van der Waals surface area contributed by atoms with Crippen LogP contribution in [0, 0.1) is 0 Å². The molecule has 0 unspecified atom stereocenters. The predicted molar refractivity (Wildman–Crippen MR) is 351 cm³/mol. The Morgan fingerprint density at radius 2 is 0.737 bits per heavy atom. The summed E-state index contributed by atoms with van der Waals surface area (Å²) in [6, 6.07) is 18.8. The molecule has 494 valence electrons. The molecule has 0 saturated heterocycles. The summed E-state index contributed by atoms with van der Waals surface area (Å²) in [7, 11) is 11.3. The van der Waals surface area contributed by atoms with E-state index in [-0.39, 0.29) is 96.0 Å². The molecule has 0 spiro atoms. The van der Waals surface area contributed by atoms with Gasteiger partial charge in [0.1, 0.15) is 39.9 Å². The third-order valence-electron chi connectivity index (χ3n) is 15.0. The number of primary amides is 1. The van der Waals surface area contributed by atoms with E-state index in [1.165, 1.54) is 107 Å². The summed E-state index contributed by atoms with van der Waals surface area (Å²) in [4.78, 5) is 147. The number of imidazole rings is 1. The summed E-state index contributed by atoms with van der Waals surface area (Å²) in [5, 5.41) is 27.2. The molecule has 9 aromatic rings. The lowest BCUT2D eigenvalue weighted by molar-refractivity contribution is -0.118. The number of aryl methyl sites for hydroxylation is 7. The molecule has 0 fully saturated rings. The Hall–Kier alpha value is -12.5. The third kappa shape index (κ3) is 16.7. The van der Waals surface area contributed by atoms with E-state index in [4.69, 9.17) is 11.5 Å². The van der Waals surface area contributed by atoms with Crippen molar-refractivity contribution in [2.75, 3.05) is 56.9 Å². The molecule has 1 atom stereocenters. The third-order valence-corrected chi connectivity index (χ3v) is 15.0. The molecule has 32 nitrogen and oxygen atoms in total. The van der Waals surface area contributed by atoms with Crippen LogP contribution in [-0.2, 0) is 70.3 Å². The van der Waals surface area contributed by atoms with Crippen LogP contribution in [0.15, 0.2) is 129 Å². The van der Waals surface area contributed by atoms with Crippen molar-refractivity contribution in [3.63, 3.8) is 0 Å². The fourth-order valence-electron chi connectivity index (χ4n) is 10.2. The minimum absolute atomic E-state index is 0.00352. The maximum atomic E-state index is 13.5. The number of anilines is 7. The molecule has 8 heterocycles. The highest BCUT2D eigenvalue weighted by atomic mass is 16.2. The minimum Gasteiger partial charge on any atom is -0.364 e. The van der Waals surface area contributed by atoms with Crippen LogP contribution in [-0.4, -0.2) is 132 Å². The first-order valence-corrected chi connectivity index (χ1v) is 29.5. The first-order chi connectivity index (χ1) is 45.3. The van der Waals surface area contributed by atoms with Crippen LogP contribution < -0.4 is 64.6 Å². The van der Waals surface area contributed by atoms with Crippen molar-refractivity contribution < 1.29 is 52.7 Å². The lowest BCUT2D eigenvalue weighted by atomic mass is 10.2. The van der Waals surface area contributed by atoms with E-state index in [0.717, 1.165) is 5.56 Å². The average Bonchev–Trinajstić information content (AvgIpc) is 1.71. The number of benzene rings is 1. The summed E-state index contributed by atoms with van der Waals surface area (Å²) in [5.74, 6) is -5.45. The van der Waals surface area contributed by atoms with Gasteiger partial charge in [0.25, 0.3) is 47.3 Å². The molecule has 32 heteroatoms. The highest BCUT2D eigenvalue weighted by Gasteiger charge is 2.24. The summed E-state index contributed by atoms with van der Waals surface area (Å²) >= 11 is 0. The second kappa shape index (κ2) is 29.2. The highest BCUT2D eigenvalue weighted by Crippen LogP contribution is 2.23. The molecule has 0 aliphatic carbocycles. The van der Waals surface area contributed by atoms with Gasteiger partial charge in [-0.2, -0.15) is 0 Å². The molecule has 95 heavy (non-hydrogen) atoms. The fourth-order valence-corrected chi connectivity index (χ4v) is 10.2. The van der Waals surface area contributed by atoms with E-state index in [0.29, 0.717) is 35.0 Å². The number of amides is 11. The van der Waals surface area contributed by atoms with Gasteiger partial charge in [-0.3, -0.25) is 52.7 Å². The van der Waals surface area contributed by atoms with Crippen LogP contribution >= 0.6 is 0 Å². The molecule has 0 bridgehead atoms. The van der Waals surface area contributed by atoms with E-state index < -0.39 is 71.0 Å². The standard InChI is InChI=1S/C63H71N21O11/c1-77-29-37(21-45(77)54(65)87)70-52(85)14-17-68-58(90)47-24-41(33-79(47)3)74-62(94)51-27-42(34-83(51)7)75-61(93)50-26-39(31-82(50)6)72-56(88)44(64)13-16-67-57(89)46-23-40(32-78(46)2)73-60(92)49-22-38(30-81(49)5)71-53(86)15-18-69-59(91)48-25-43(35-80(48)4)76-63(95)55-66-19-20-84(55)28-36-11-9-8-10-12-36/h8-12,19-27,29-35,44H,13-18,28,64H2,1-7H3,(H2,65,87)(H,67,89)(H,68,90)(H,69,91)(H,70,85)(H,71,86)(H,72,88)(H,73,92)(H,74,94)(H,75,93)(H,76,95)/t44-/m1/s1. The van der Waals surface area contributed by atoms with Gasteiger partial charge in [-0.15, -0.1) is 0 Å². The SMILES string of the molecule is Cn1cc(NC(=O)CCNC(=O)c2cc(NC(=O)c3cc(NC(=O)c4cc(NC(=O)[C@H](N)CCNC(=O)c5cc(NC(=O)c6cc(NC(=O)CCNC(=O)c7cc(NC(=O)c8nccn8Cc8ccccc8)cn7C)cn6C)cn5C)cn4C)cn3C)cn2C)cc1C(N)=O. The summed E-state index contributed by atoms with van der Waals surface area (Å²) in [6.07, 6.45) is 13.9. The Morgan fingerprint density at radius 1 is 0.411 bits per heavy atom. The molecular formula is C63H71N21O11. The summed E-state index contributed by atoms with van der Waals surface area (Å²) in [5.41, 5.74) is 16.1. The normalized spacial score (nSPS) is 11.3. The van der Waals surface area contributed by atoms with Crippen LogP contribution in [0.1, 0.15) is 109 Å². The van der Waals surface area contributed by atoms with Crippen molar-refractivity contribution in [1.82, 2.24) is 57.5 Å². The Balaban J connectivity index is 0.670. The molecule has 9 rings (SSSR count).